The van der Waals surface area contributed by atoms with Crippen LogP contribution in [0.5, 0.6) is 5.88 Å². The number of halogens is 2. The lowest BCUT2D eigenvalue weighted by Gasteiger charge is -2.30. The van der Waals surface area contributed by atoms with E-state index in [-0.39, 0.29) is 12.1 Å². The van der Waals surface area contributed by atoms with E-state index in [2.05, 4.69) is 9.97 Å². The third-order valence-electron chi connectivity index (χ3n) is 4.58. The summed E-state index contributed by atoms with van der Waals surface area (Å²) in [5.41, 5.74) is 0.461. The Balaban J connectivity index is 1.82. The molecular weight excluding hydrogens is 387 g/mol. The van der Waals surface area contributed by atoms with Crippen LogP contribution in [0.1, 0.15) is 11.1 Å². The molecule has 0 radical (unpaired) electrons. The van der Waals surface area contributed by atoms with E-state index < -0.39 is 37.0 Å². The Hall–Kier alpha value is -3.31. The van der Waals surface area contributed by atoms with Crippen LogP contribution in [-0.2, 0) is 17.9 Å². The Bertz CT molecular complexity index is 1110. The van der Waals surface area contributed by atoms with Crippen LogP contribution < -0.4 is 15.1 Å². The van der Waals surface area contributed by atoms with Crippen molar-refractivity contribution in [2.45, 2.75) is 13.2 Å². The summed E-state index contributed by atoms with van der Waals surface area (Å²) in [5, 5.41) is 18.8. The first-order chi connectivity index (χ1) is 13.9. The maximum Gasteiger partial charge on any atom is 0.488 e. The number of amides is 1. The molecule has 3 aromatic rings. The molecule has 0 atom stereocenters. The average Bonchev–Trinajstić information content (AvgIpc) is 2.70. The van der Waals surface area contributed by atoms with Crippen molar-refractivity contribution in [3.8, 4) is 5.88 Å². The first-order valence-electron chi connectivity index (χ1n) is 8.50. The summed E-state index contributed by atoms with van der Waals surface area (Å²) in [6.45, 7) is -0.517. The number of carbonyl (C=O) groups excluding carboxylic acids is 1. The van der Waals surface area contributed by atoms with Crippen LogP contribution in [0.2, 0.25) is 0 Å². The molecule has 29 heavy (non-hydrogen) atoms. The molecule has 11 heteroatoms. The lowest BCUT2D eigenvalue weighted by molar-refractivity contribution is 0.141. The van der Waals surface area contributed by atoms with Gasteiger partial charge in [-0.3, -0.25) is 4.90 Å². The van der Waals surface area contributed by atoms with E-state index in [0.717, 1.165) is 17.0 Å². The molecule has 3 heterocycles. The maximum absolute atomic E-state index is 14.5. The summed E-state index contributed by atoms with van der Waals surface area (Å²) in [6.07, 6.45) is 0.687. The van der Waals surface area contributed by atoms with Crippen molar-refractivity contribution in [2.75, 3.05) is 12.0 Å². The summed E-state index contributed by atoms with van der Waals surface area (Å²) in [5.74, 6) is -1.72. The van der Waals surface area contributed by atoms with Crippen molar-refractivity contribution < 1.29 is 33.1 Å². The number of hydrogen-bond donors (Lipinski definition) is 2. The summed E-state index contributed by atoms with van der Waals surface area (Å²) >= 11 is 0. The third kappa shape index (κ3) is 3.34. The van der Waals surface area contributed by atoms with Crippen molar-refractivity contribution in [1.82, 2.24) is 9.97 Å². The normalized spacial score (nSPS) is 13.3. The molecule has 1 aromatic carbocycles. The Morgan fingerprint density at radius 2 is 2.00 bits per heavy atom. The van der Waals surface area contributed by atoms with E-state index >= 15 is 0 Å². The first kappa shape index (κ1) is 19.0. The number of hydrogen-bond acceptors (Lipinski definition) is 7. The fourth-order valence-electron chi connectivity index (χ4n) is 3.16. The Labute approximate surface area is 163 Å². The van der Waals surface area contributed by atoms with Crippen molar-refractivity contribution in [3.05, 3.63) is 53.2 Å². The zero-order valence-corrected chi connectivity index (χ0v) is 15.1. The van der Waals surface area contributed by atoms with E-state index in [1.807, 2.05) is 0 Å². The number of fused-ring (bicyclic) bond motifs is 3. The molecule has 1 aliphatic rings. The summed E-state index contributed by atoms with van der Waals surface area (Å²) in [6, 6.07) is 4.84. The Kier molecular flexibility index (Phi) is 4.77. The van der Waals surface area contributed by atoms with E-state index in [4.69, 9.17) is 19.5 Å². The quantitative estimate of drug-likeness (QED) is 0.634. The predicted molar refractivity (Wildman–Crippen MR) is 98.6 cm³/mol. The topological polar surface area (TPSA) is 105 Å². The number of rotatable bonds is 4. The molecule has 4 rings (SSSR count). The highest BCUT2D eigenvalue weighted by molar-refractivity contribution is 6.58. The molecule has 1 aliphatic heterocycles. The zero-order chi connectivity index (χ0) is 20.7. The Morgan fingerprint density at radius 3 is 2.66 bits per heavy atom. The molecule has 0 aliphatic carbocycles. The van der Waals surface area contributed by atoms with Gasteiger partial charge >= 0.3 is 13.2 Å². The van der Waals surface area contributed by atoms with Crippen molar-refractivity contribution >= 4 is 35.4 Å². The standard InChI is InChI=1S/C18H14BF2N3O5/c1-28-15-3-2-11-16-9(6-22-17(11)23-15)8-29-18(25)24(16)7-12-13(20)4-10(19(26)27)5-14(12)21/h2-6,26-27H,7-8H2,1H3. The van der Waals surface area contributed by atoms with Gasteiger partial charge in [-0.25, -0.2) is 18.6 Å². The van der Waals surface area contributed by atoms with Crippen LogP contribution in [0.25, 0.3) is 11.0 Å². The van der Waals surface area contributed by atoms with Gasteiger partial charge in [-0.1, -0.05) is 0 Å². The van der Waals surface area contributed by atoms with Gasteiger partial charge in [0.1, 0.15) is 18.2 Å². The molecule has 2 aromatic heterocycles. The van der Waals surface area contributed by atoms with Gasteiger partial charge in [0.2, 0.25) is 5.88 Å². The van der Waals surface area contributed by atoms with Gasteiger partial charge in [-0.15, -0.1) is 0 Å². The van der Waals surface area contributed by atoms with Gasteiger partial charge in [0.25, 0.3) is 0 Å². The summed E-state index contributed by atoms with van der Waals surface area (Å²) < 4.78 is 39.1. The van der Waals surface area contributed by atoms with Gasteiger partial charge in [0.15, 0.2) is 5.65 Å². The molecule has 148 valence electrons. The molecule has 0 unspecified atom stereocenters. The van der Waals surface area contributed by atoms with E-state index in [1.54, 1.807) is 12.1 Å². The van der Waals surface area contributed by atoms with Crippen LogP contribution in [0, 0.1) is 11.6 Å². The number of pyridine rings is 2. The number of nitrogens with zero attached hydrogens (tertiary/aromatic N) is 3. The molecule has 1 amide bonds. The zero-order valence-electron chi connectivity index (χ0n) is 15.1. The van der Waals surface area contributed by atoms with E-state index in [1.165, 1.54) is 13.3 Å². The minimum absolute atomic E-state index is 0.0414. The fourth-order valence-corrected chi connectivity index (χ4v) is 3.16. The maximum atomic E-state index is 14.5. The fraction of sp³-hybridized carbons (Fsp3) is 0.167. The number of methoxy groups -OCH3 is 1. The van der Waals surface area contributed by atoms with Gasteiger partial charge in [-0.05, 0) is 23.7 Å². The molecule has 0 saturated heterocycles. The third-order valence-corrected chi connectivity index (χ3v) is 4.58. The SMILES string of the molecule is COc1ccc2c3c(cnc2n1)COC(=O)N3Cc1c(F)cc(B(O)O)cc1F. The lowest BCUT2D eigenvalue weighted by Crippen LogP contribution is -2.37. The number of ether oxygens (including phenoxy) is 2. The second-order valence-electron chi connectivity index (χ2n) is 6.33. The van der Waals surface area contributed by atoms with Gasteiger partial charge in [0, 0.05) is 28.8 Å². The molecule has 0 spiro atoms. The van der Waals surface area contributed by atoms with Gasteiger partial charge < -0.3 is 19.5 Å². The number of cyclic esters (lactones) is 1. The van der Waals surface area contributed by atoms with Crippen LogP contribution in [0.3, 0.4) is 0 Å². The molecule has 2 N–H and O–H groups in total. The number of carbonyl (C=O) groups is 1. The van der Waals surface area contributed by atoms with Crippen LogP contribution in [0.15, 0.2) is 30.5 Å². The highest BCUT2D eigenvalue weighted by Crippen LogP contribution is 2.35. The van der Waals surface area contributed by atoms with Crippen molar-refractivity contribution in [1.29, 1.82) is 0 Å². The molecule has 0 fully saturated rings. The molecule has 0 bridgehead atoms. The lowest BCUT2D eigenvalue weighted by atomic mass is 9.79. The minimum Gasteiger partial charge on any atom is -0.481 e. The average molecular weight is 401 g/mol. The Morgan fingerprint density at radius 1 is 1.28 bits per heavy atom. The van der Waals surface area contributed by atoms with Crippen molar-refractivity contribution in [3.63, 3.8) is 0 Å². The highest BCUT2D eigenvalue weighted by Gasteiger charge is 2.31. The van der Waals surface area contributed by atoms with E-state index in [0.29, 0.717) is 28.2 Å². The van der Waals surface area contributed by atoms with Crippen LogP contribution in [0.4, 0.5) is 19.3 Å². The number of aromatic nitrogens is 2. The largest absolute Gasteiger partial charge is 0.488 e. The van der Waals surface area contributed by atoms with E-state index in [9.17, 15) is 13.6 Å². The highest BCUT2D eigenvalue weighted by atomic mass is 19.1. The van der Waals surface area contributed by atoms with Crippen LogP contribution >= 0.6 is 0 Å². The minimum atomic E-state index is -2.02. The summed E-state index contributed by atoms with van der Waals surface area (Å²) in [7, 11) is -0.570. The van der Waals surface area contributed by atoms with Crippen molar-refractivity contribution in [2.24, 2.45) is 0 Å². The number of anilines is 1. The summed E-state index contributed by atoms with van der Waals surface area (Å²) in [4.78, 5) is 22.0. The second kappa shape index (κ2) is 7.26. The smallest absolute Gasteiger partial charge is 0.481 e. The van der Waals surface area contributed by atoms with Crippen LogP contribution in [-0.4, -0.2) is 40.3 Å². The molecular formula is C18H14BF2N3O5. The second-order valence-corrected chi connectivity index (χ2v) is 6.33. The molecule has 8 nitrogen and oxygen atoms in total. The molecule has 0 saturated carbocycles. The monoisotopic (exact) mass is 401 g/mol. The van der Waals surface area contributed by atoms with Gasteiger partial charge in [-0.2, -0.15) is 4.98 Å². The number of benzene rings is 1. The van der Waals surface area contributed by atoms with Gasteiger partial charge in [0.05, 0.1) is 19.3 Å². The predicted octanol–water partition coefficient (Wildman–Crippen LogP) is 1.25. The first-order valence-corrected chi connectivity index (χ1v) is 8.50.